The number of hydrogen-bond donors (Lipinski definition) is 0. The molecule has 4 rings (SSSR count). The molecule has 1 aliphatic heterocycles. The number of amides is 1. The number of aromatic nitrogens is 3. The molecule has 26 heavy (non-hydrogen) atoms. The standard InChI is InChI=1S/C19H17BrN4O2/c20-16-5-1-14(2-6-16)18-13-21-22-24(18)17-7-3-15(4-8-17)19(25)23-9-11-26-12-10-23/h1-8,13H,9-12H2. The highest BCUT2D eigenvalue weighted by Gasteiger charge is 2.18. The third-order valence-corrected chi connectivity index (χ3v) is 4.88. The quantitative estimate of drug-likeness (QED) is 0.662. The molecule has 0 unspecified atom stereocenters. The molecule has 1 aromatic heterocycles. The largest absolute Gasteiger partial charge is 0.378 e. The second-order valence-electron chi connectivity index (χ2n) is 5.99. The minimum absolute atomic E-state index is 0.0339. The van der Waals surface area contributed by atoms with Gasteiger partial charge in [-0.25, -0.2) is 4.68 Å². The summed E-state index contributed by atoms with van der Waals surface area (Å²) in [5.74, 6) is 0.0339. The summed E-state index contributed by atoms with van der Waals surface area (Å²) in [4.78, 5) is 14.4. The van der Waals surface area contributed by atoms with Gasteiger partial charge >= 0.3 is 0 Å². The van der Waals surface area contributed by atoms with Crippen molar-refractivity contribution in [2.45, 2.75) is 0 Å². The predicted molar refractivity (Wildman–Crippen MR) is 101 cm³/mol. The van der Waals surface area contributed by atoms with Crippen molar-refractivity contribution in [2.75, 3.05) is 26.3 Å². The average molecular weight is 413 g/mol. The first-order chi connectivity index (χ1) is 12.7. The van der Waals surface area contributed by atoms with Gasteiger partial charge in [0.1, 0.15) is 0 Å². The minimum Gasteiger partial charge on any atom is -0.378 e. The van der Waals surface area contributed by atoms with Crippen LogP contribution in [0.15, 0.2) is 59.2 Å². The molecular formula is C19H17BrN4O2. The summed E-state index contributed by atoms with van der Waals surface area (Å²) in [5.41, 5.74) is 3.44. The van der Waals surface area contributed by atoms with Gasteiger partial charge in [-0.15, -0.1) is 5.10 Å². The van der Waals surface area contributed by atoms with Gasteiger partial charge in [-0.2, -0.15) is 0 Å². The van der Waals surface area contributed by atoms with Crippen molar-refractivity contribution < 1.29 is 9.53 Å². The van der Waals surface area contributed by atoms with Crippen molar-refractivity contribution in [3.63, 3.8) is 0 Å². The molecule has 1 amide bonds. The van der Waals surface area contributed by atoms with Crippen LogP contribution in [-0.4, -0.2) is 52.1 Å². The van der Waals surface area contributed by atoms with Gasteiger partial charge in [0, 0.05) is 28.7 Å². The summed E-state index contributed by atoms with van der Waals surface area (Å²) < 4.78 is 8.09. The fraction of sp³-hybridized carbons (Fsp3) is 0.211. The zero-order valence-electron chi connectivity index (χ0n) is 14.0. The second kappa shape index (κ2) is 7.39. The molecule has 2 heterocycles. The molecule has 2 aromatic carbocycles. The lowest BCUT2D eigenvalue weighted by molar-refractivity contribution is 0.0303. The molecule has 132 valence electrons. The summed E-state index contributed by atoms with van der Waals surface area (Å²) in [6, 6.07) is 15.4. The van der Waals surface area contributed by atoms with Gasteiger partial charge in [0.25, 0.3) is 5.91 Å². The molecule has 1 aliphatic rings. The van der Waals surface area contributed by atoms with E-state index >= 15 is 0 Å². The molecule has 0 bridgehead atoms. The molecule has 0 spiro atoms. The van der Waals surface area contributed by atoms with Crippen LogP contribution in [0.4, 0.5) is 0 Å². The topological polar surface area (TPSA) is 60.2 Å². The lowest BCUT2D eigenvalue weighted by Crippen LogP contribution is -2.40. The van der Waals surface area contributed by atoms with Crippen LogP contribution < -0.4 is 0 Å². The highest BCUT2D eigenvalue weighted by molar-refractivity contribution is 9.10. The summed E-state index contributed by atoms with van der Waals surface area (Å²) in [5, 5.41) is 8.23. The Hall–Kier alpha value is -2.51. The number of halogens is 1. The van der Waals surface area contributed by atoms with Crippen LogP contribution in [0.1, 0.15) is 10.4 Å². The number of benzene rings is 2. The van der Waals surface area contributed by atoms with E-state index < -0.39 is 0 Å². The zero-order valence-corrected chi connectivity index (χ0v) is 15.6. The first kappa shape index (κ1) is 16.9. The van der Waals surface area contributed by atoms with Crippen LogP contribution in [0.3, 0.4) is 0 Å². The predicted octanol–water partition coefficient (Wildman–Crippen LogP) is 3.17. The van der Waals surface area contributed by atoms with Crippen LogP contribution in [0.25, 0.3) is 16.9 Å². The van der Waals surface area contributed by atoms with Crippen LogP contribution in [0.5, 0.6) is 0 Å². The fourth-order valence-electron chi connectivity index (χ4n) is 2.94. The van der Waals surface area contributed by atoms with Crippen LogP contribution in [0.2, 0.25) is 0 Å². The lowest BCUT2D eigenvalue weighted by atomic mass is 10.1. The number of hydrogen-bond acceptors (Lipinski definition) is 4. The Bertz CT molecular complexity index is 900. The van der Waals surface area contributed by atoms with Crippen molar-refractivity contribution in [3.05, 3.63) is 64.8 Å². The molecule has 1 fully saturated rings. The number of carbonyl (C=O) groups is 1. The Labute approximate surface area is 159 Å². The monoisotopic (exact) mass is 412 g/mol. The summed E-state index contributed by atoms with van der Waals surface area (Å²) in [6.07, 6.45) is 1.73. The van der Waals surface area contributed by atoms with Crippen molar-refractivity contribution in [3.8, 4) is 16.9 Å². The number of nitrogens with zero attached hydrogens (tertiary/aromatic N) is 4. The van der Waals surface area contributed by atoms with E-state index in [9.17, 15) is 4.79 Å². The van der Waals surface area contributed by atoms with Crippen molar-refractivity contribution in [1.82, 2.24) is 19.9 Å². The van der Waals surface area contributed by atoms with Crippen molar-refractivity contribution in [2.24, 2.45) is 0 Å². The Balaban J connectivity index is 1.59. The Kier molecular flexibility index (Phi) is 4.81. The van der Waals surface area contributed by atoms with Gasteiger partial charge in [-0.1, -0.05) is 33.3 Å². The maximum atomic E-state index is 12.5. The van der Waals surface area contributed by atoms with E-state index in [4.69, 9.17) is 4.74 Å². The average Bonchev–Trinajstić information content (AvgIpc) is 3.19. The lowest BCUT2D eigenvalue weighted by Gasteiger charge is -2.26. The Morgan fingerprint density at radius 2 is 1.69 bits per heavy atom. The number of carbonyl (C=O) groups excluding carboxylic acids is 1. The van der Waals surface area contributed by atoms with E-state index in [1.165, 1.54) is 0 Å². The molecule has 0 radical (unpaired) electrons. The van der Waals surface area contributed by atoms with Crippen molar-refractivity contribution >= 4 is 21.8 Å². The molecule has 7 heteroatoms. The SMILES string of the molecule is O=C(c1ccc(-n2nncc2-c2ccc(Br)cc2)cc1)N1CCOCC1. The van der Waals surface area contributed by atoms with Gasteiger partial charge in [-0.3, -0.25) is 4.79 Å². The first-order valence-corrected chi connectivity index (χ1v) is 9.16. The summed E-state index contributed by atoms with van der Waals surface area (Å²) in [7, 11) is 0. The van der Waals surface area contributed by atoms with Gasteiger partial charge in [0.15, 0.2) is 0 Å². The van der Waals surface area contributed by atoms with Crippen molar-refractivity contribution in [1.29, 1.82) is 0 Å². The molecule has 0 saturated carbocycles. The van der Waals surface area contributed by atoms with Crippen LogP contribution in [-0.2, 0) is 4.74 Å². The van der Waals surface area contributed by atoms with Gasteiger partial charge in [0.05, 0.1) is 30.8 Å². The fourth-order valence-corrected chi connectivity index (χ4v) is 3.20. The molecule has 1 saturated heterocycles. The zero-order chi connectivity index (χ0) is 17.9. The van der Waals surface area contributed by atoms with Gasteiger partial charge in [0.2, 0.25) is 0 Å². The number of ether oxygens (including phenoxy) is 1. The Morgan fingerprint density at radius 1 is 1.00 bits per heavy atom. The summed E-state index contributed by atoms with van der Waals surface area (Å²) >= 11 is 3.44. The molecule has 3 aromatic rings. The van der Waals surface area contributed by atoms with E-state index in [-0.39, 0.29) is 5.91 Å². The third-order valence-electron chi connectivity index (χ3n) is 4.35. The minimum atomic E-state index is 0.0339. The normalized spacial score (nSPS) is 14.4. The molecule has 6 nitrogen and oxygen atoms in total. The third kappa shape index (κ3) is 3.40. The van der Waals surface area contributed by atoms with E-state index in [1.807, 2.05) is 53.4 Å². The van der Waals surface area contributed by atoms with Gasteiger partial charge in [-0.05, 0) is 36.4 Å². The number of rotatable bonds is 3. The second-order valence-corrected chi connectivity index (χ2v) is 6.91. The maximum absolute atomic E-state index is 12.5. The smallest absolute Gasteiger partial charge is 0.254 e. The van der Waals surface area contributed by atoms with Gasteiger partial charge < -0.3 is 9.64 Å². The highest BCUT2D eigenvalue weighted by Crippen LogP contribution is 2.23. The maximum Gasteiger partial charge on any atom is 0.254 e. The molecule has 0 atom stereocenters. The molecule has 0 aliphatic carbocycles. The van der Waals surface area contributed by atoms with E-state index in [0.717, 1.165) is 21.4 Å². The van der Waals surface area contributed by atoms with Crippen LogP contribution in [0, 0.1) is 0 Å². The van der Waals surface area contributed by atoms with Crippen LogP contribution >= 0.6 is 15.9 Å². The van der Waals surface area contributed by atoms with E-state index in [1.54, 1.807) is 10.9 Å². The van der Waals surface area contributed by atoms with E-state index in [2.05, 4.69) is 26.2 Å². The highest BCUT2D eigenvalue weighted by atomic mass is 79.9. The Morgan fingerprint density at radius 3 is 2.38 bits per heavy atom. The van der Waals surface area contributed by atoms with E-state index in [0.29, 0.717) is 31.9 Å². The molecular weight excluding hydrogens is 396 g/mol. The first-order valence-electron chi connectivity index (χ1n) is 8.36. The molecule has 0 N–H and O–H groups in total. The summed E-state index contributed by atoms with van der Waals surface area (Å²) in [6.45, 7) is 2.47. The number of morpholine rings is 1.